The summed E-state index contributed by atoms with van der Waals surface area (Å²) in [5.74, 6) is 2.04. The normalized spacial score (nSPS) is 16.3. The largest absolute Gasteiger partial charge is 0.491 e. The second-order valence-electron chi connectivity index (χ2n) is 17.0. The van der Waals surface area contributed by atoms with E-state index in [0.717, 1.165) is 46.5 Å². The highest BCUT2D eigenvalue weighted by atomic mass is 16.5. The van der Waals surface area contributed by atoms with Gasteiger partial charge in [-0.25, -0.2) is 19.6 Å². The van der Waals surface area contributed by atoms with Crippen LogP contribution < -0.4 is 30.7 Å². The predicted molar refractivity (Wildman–Crippen MR) is 263 cm³/mol. The number of H-pyrrole nitrogens is 2. The third kappa shape index (κ3) is 11.1. The summed E-state index contributed by atoms with van der Waals surface area (Å²) < 4.78 is 23.5. The van der Waals surface area contributed by atoms with Crippen LogP contribution in [0.15, 0.2) is 109 Å². The highest BCUT2D eigenvalue weighted by Crippen LogP contribution is 2.42. The van der Waals surface area contributed by atoms with Gasteiger partial charge < -0.3 is 60.0 Å². The molecular weight excluding hydrogens is 893 g/mol. The molecule has 0 saturated carbocycles. The van der Waals surface area contributed by atoms with Gasteiger partial charge in [-0.2, -0.15) is 0 Å². The molecule has 4 atom stereocenters. The molecule has 366 valence electrons. The molecule has 70 heavy (non-hydrogen) atoms. The molecule has 6 aromatic rings. The number of aromatic nitrogens is 4. The molecule has 18 heteroatoms. The number of imidazole rings is 2. The number of ether oxygens (including phenoxy) is 4. The van der Waals surface area contributed by atoms with E-state index >= 15 is 0 Å². The second-order valence-corrected chi connectivity index (χ2v) is 17.0. The van der Waals surface area contributed by atoms with E-state index in [1.807, 2.05) is 97.1 Å². The van der Waals surface area contributed by atoms with Crippen molar-refractivity contribution in [1.29, 1.82) is 0 Å². The number of benzene rings is 4. The van der Waals surface area contributed by atoms with Crippen molar-refractivity contribution in [2.24, 2.45) is 0 Å². The van der Waals surface area contributed by atoms with E-state index in [4.69, 9.17) is 28.9 Å². The molecule has 2 aromatic heterocycles. The van der Waals surface area contributed by atoms with Crippen molar-refractivity contribution in [2.75, 3.05) is 67.8 Å². The maximum atomic E-state index is 14.2. The molecule has 4 heterocycles. The monoisotopic (exact) mass is 952 g/mol. The van der Waals surface area contributed by atoms with Crippen molar-refractivity contribution >= 4 is 23.9 Å². The zero-order valence-corrected chi connectivity index (χ0v) is 39.8. The highest BCUT2D eigenvalue weighted by Gasteiger charge is 2.38. The number of nitrogens with zero attached hydrogens (tertiary/aromatic N) is 4. The van der Waals surface area contributed by atoms with Crippen molar-refractivity contribution in [1.82, 2.24) is 51.0 Å². The zero-order valence-electron chi connectivity index (χ0n) is 39.8. The molecule has 2 saturated heterocycles. The molecule has 0 aliphatic carbocycles. The van der Waals surface area contributed by atoms with Crippen LogP contribution in [-0.2, 0) is 19.1 Å². The quantitative estimate of drug-likeness (QED) is 0.0464. The lowest BCUT2D eigenvalue weighted by atomic mass is 9.98. The predicted octanol–water partition coefficient (Wildman–Crippen LogP) is 6.85. The van der Waals surface area contributed by atoms with Crippen molar-refractivity contribution in [3.05, 3.63) is 132 Å². The highest BCUT2D eigenvalue weighted by molar-refractivity contribution is 5.90. The van der Waals surface area contributed by atoms with Gasteiger partial charge in [0.2, 0.25) is 11.8 Å². The van der Waals surface area contributed by atoms with Crippen LogP contribution in [0.5, 0.6) is 11.5 Å². The molecule has 4 aromatic carbocycles. The van der Waals surface area contributed by atoms with Crippen molar-refractivity contribution in [3.8, 4) is 45.1 Å². The molecule has 18 nitrogen and oxygen atoms in total. The van der Waals surface area contributed by atoms with Crippen LogP contribution in [0.2, 0.25) is 0 Å². The number of urea groups is 2. The van der Waals surface area contributed by atoms with E-state index in [9.17, 15) is 19.2 Å². The Morgan fingerprint density at radius 2 is 1.01 bits per heavy atom. The second kappa shape index (κ2) is 23.1. The number of hydrogen-bond donors (Lipinski definition) is 6. The maximum absolute atomic E-state index is 14.2. The lowest BCUT2D eigenvalue weighted by Crippen LogP contribution is -2.45. The SMILES string of the molecule is CNC(=O)N[C@@H](C(=O)N1CCC[C@H]1c1ncc(-c2ccc(-c3ccc(-c4cnc([C@@H]5CCCN5C(=O)[C@H](NC(=O)NC)c5ccccc5)[nH]4)cc3OCCOC)c(OCCOC)c2)[nH]1)c1ccccc1. The van der Waals surface area contributed by atoms with Gasteiger partial charge in [0.1, 0.15) is 48.4 Å². The Bertz CT molecular complexity index is 2540. The Balaban J connectivity index is 1.06. The molecule has 0 radical (unpaired) electrons. The smallest absolute Gasteiger partial charge is 0.315 e. The Hall–Kier alpha value is -7.70. The van der Waals surface area contributed by atoms with Crippen LogP contribution in [0.1, 0.15) is 72.6 Å². The molecule has 2 aliphatic heterocycles. The number of likely N-dealkylation sites (tertiary alicyclic amines) is 2. The maximum Gasteiger partial charge on any atom is 0.315 e. The fourth-order valence-corrected chi connectivity index (χ4v) is 9.07. The summed E-state index contributed by atoms with van der Waals surface area (Å²) in [6.45, 7) is 2.35. The number of rotatable bonds is 19. The Morgan fingerprint density at radius 1 is 0.600 bits per heavy atom. The summed E-state index contributed by atoms with van der Waals surface area (Å²) >= 11 is 0. The molecule has 0 bridgehead atoms. The summed E-state index contributed by atoms with van der Waals surface area (Å²) in [5.41, 5.74) is 6.05. The number of carbonyl (C=O) groups is 4. The minimum Gasteiger partial charge on any atom is -0.491 e. The number of hydrogen-bond acceptors (Lipinski definition) is 10. The Morgan fingerprint density at radius 3 is 1.40 bits per heavy atom. The van der Waals surface area contributed by atoms with Gasteiger partial charge in [-0.05, 0) is 61.1 Å². The van der Waals surface area contributed by atoms with Crippen molar-refractivity contribution < 1.29 is 38.1 Å². The topological polar surface area (TPSA) is 217 Å². The van der Waals surface area contributed by atoms with Crippen molar-refractivity contribution in [2.45, 2.75) is 49.9 Å². The minimum atomic E-state index is -0.871. The van der Waals surface area contributed by atoms with Crippen LogP contribution in [0.4, 0.5) is 9.59 Å². The molecule has 2 aliphatic rings. The molecule has 2 fully saturated rings. The number of amides is 6. The van der Waals surface area contributed by atoms with E-state index in [0.29, 0.717) is 73.4 Å². The van der Waals surface area contributed by atoms with Gasteiger partial charge in [-0.1, -0.05) is 72.8 Å². The number of carbonyl (C=O) groups excluding carboxylic acids is 4. The summed E-state index contributed by atoms with van der Waals surface area (Å²) in [6.07, 6.45) is 6.50. The van der Waals surface area contributed by atoms with Gasteiger partial charge in [0.25, 0.3) is 0 Å². The third-order valence-electron chi connectivity index (χ3n) is 12.6. The van der Waals surface area contributed by atoms with Gasteiger partial charge in [-0.15, -0.1) is 0 Å². The lowest BCUT2D eigenvalue weighted by Gasteiger charge is -2.28. The average Bonchev–Trinajstić information content (AvgIpc) is 4.26. The molecule has 0 unspecified atom stereocenters. The van der Waals surface area contributed by atoms with Crippen LogP contribution >= 0.6 is 0 Å². The number of nitrogens with one attached hydrogen (secondary N) is 6. The average molecular weight is 953 g/mol. The number of methoxy groups -OCH3 is 2. The van der Waals surface area contributed by atoms with Gasteiger partial charge >= 0.3 is 12.1 Å². The molecule has 6 N–H and O–H groups in total. The van der Waals surface area contributed by atoms with Crippen LogP contribution in [0.3, 0.4) is 0 Å². The third-order valence-corrected chi connectivity index (χ3v) is 12.6. The molecule has 8 rings (SSSR count). The lowest BCUT2D eigenvalue weighted by molar-refractivity contribution is -0.135. The molecule has 6 amide bonds. The number of aromatic amines is 2. The van der Waals surface area contributed by atoms with Gasteiger partial charge in [-0.3, -0.25) is 9.59 Å². The standard InChI is InChI=1S/C52H60N10O8/c1-53-51(65)59-45(33-13-7-5-8-14-33)49(63)61-23-11-17-41(61)47-55-31-39(57-47)35-19-21-37(43(29-35)69-27-25-67-3)38-22-20-36(30-44(38)70-28-26-68-4)40-32-56-48(58-40)42-18-12-24-62(42)50(64)46(60-52(66)54-2)34-15-9-6-10-16-34/h5-10,13-16,19-22,29-32,41-42,45-46H,11-12,17-18,23-28H2,1-4H3,(H,55,57)(H,56,58)(H2,53,59,65)(H2,54,60,66)/t41-,42-,45+,46+/m0/s1. The first-order valence-corrected chi connectivity index (χ1v) is 23.5. The Kier molecular flexibility index (Phi) is 16.1. The zero-order chi connectivity index (χ0) is 49.0. The fourth-order valence-electron chi connectivity index (χ4n) is 9.07. The molecule has 0 spiro atoms. The van der Waals surface area contributed by atoms with Crippen LogP contribution in [0.25, 0.3) is 33.6 Å². The minimum absolute atomic E-state index is 0.214. The van der Waals surface area contributed by atoms with E-state index in [-0.39, 0.29) is 37.1 Å². The van der Waals surface area contributed by atoms with Crippen LogP contribution in [-0.4, -0.2) is 121 Å². The van der Waals surface area contributed by atoms with E-state index in [1.54, 1.807) is 36.4 Å². The van der Waals surface area contributed by atoms with Gasteiger partial charge in [0.15, 0.2) is 0 Å². The van der Waals surface area contributed by atoms with Crippen molar-refractivity contribution in [3.63, 3.8) is 0 Å². The van der Waals surface area contributed by atoms with Gasteiger partial charge in [0.05, 0.1) is 49.1 Å². The first-order chi connectivity index (χ1) is 34.2. The van der Waals surface area contributed by atoms with Gasteiger partial charge in [0, 0.05) is 63.7 Å². The molecular formula is C52H60N10O8. The fraction of sp³-hybridized carbons (Fsp3) is 0.346. The van der Waals surface area contributed by atoms with E-state index in [1.165, 1.54) is 14.1 Å². The summed E-state index contributed by atoms with van der Waals surface area (Å²) in [4.78, 5) is 73.4. The Labute approximate surface area is 406 Å². The first-order valence-electron chi connectivity index (χ1n) is 23.5. The van der Waals surface area contributed by atoms with E-state index in [2.05, 4.69) is 31.2 Å². The summed E-state index contributed by atoms with van der Waals surface area (Å²) in [7, 11) is 6.28. The summed E-state index contributed by atoms with van der Waals surface area (Å²) in [6, 6.07) is 27.0. The van der Waals surface area contributed by atoms with E-state index < -0.39 is 24.1 Å². The van der Waals surface area contributed by atoms with Crippen LogP contribution in [0, 0.1) is 0 Å². The summed E-state index contributed by atoms with van der Waals surface area (Å²) in [5, 5.41) is 10.8. The first kappa shape index (κ1) is 48.7.